The van der Waals surface area contributed by atoms with Crippen LogP contribution in [0.15, 0.2) is 144 Å². The Kier molecular flexibility index (Phi) is 8.31. The highest BCUT2D eigenvalue weighted by molar-refractivity contribution is 7.78. The van der Waals surface area contributed by atoms with Crippen LogP contribution in [0.1, 0.15) is 35.6 Å². The van der Waals surface area contributed by atoms with Crippen LogP contribution in [0.25, 0.3) is 21.5 Å². The van der Waals surface area contributed by atoms with E-state index in [1.54, 1.807) is 5.31 Å². The second kappa shape index (κ2) is 12.5. The van der Waals surface area contributed by atoms with Gasteiger partial charge in [0.05, 0.1) is 0 Å². The molecule has 0 radical (unpaired) electrons. The van der Waals surface area contributed by atoms with Gasteiger partial charge in [-0.2, -0.15) is 0 Å². The van der Waals surface area contributed by atoms with Gasteiger partial charge in [0.15, 0.2) is 0 Å². The Hall–Kier alpha value is -3.82. The van der Waals surface area contributed by atoms with Crippen molar-refractivity contribution in [3.63, 3.8) is 0 Å². The number of hydrogen-bond acceptors (Lipinski definition) is 0. The maximum Gasteiger partial charge on any atom is 0.00970 e. The molecule has 0 aliphatic heterocycles. The number of aryl methyl sites for hydroxylation is 4. The third-order valence-corrected chi connectivity index (χ3v) is 14.4. The molecule has 6 aromatic rings. The highest BCUT2D eigenvalue weighted by atomic mass is 31.1. The fourth-order valence-corrected chi connectivity index (χ4v) is 13.5. The van der Waals surface area contributed by atoms with Crippen molar-refractivity contribution < 1.29 is 0 Å². The molecular weight excluding hydrogens is 578 g/mol. The van der Waals surface area contributed by atoms with Crippen LogP contribution in [-0.2, 0) is 0 Å². The fraction of sp³-hybridized carbons (Fsp3) is 0.163. The van der Waals surface area contributed by atoms with E-state index in [-0.39, 0.29) is 0 Å². The van der Waals surface area contributed by atoms with Gasteiger partial charge in [-0.25, -0.2) is 0 Å². The van der Waals surface area contributed by atoms with Crippen LogP contribution in [0.5, 0.6) is 0 Å². The van der Waals surface area contributed by atoms with E-state index < -0.39 is 15.8 Å². The summed E-state index contributed by atoms with van der Waals surface area (Å²) < 4.78 is 0. The summed E-state index contributed by atoms with van der Waals surface area (Å²) in [5.41, 5.74) is 7.29. The first-order valence-corrected chi connectivity index (χ1v) is 18.7. The van der Waals surface area contributed by atoms with Gasteiger partial charge >= 0.3 is 0 Å². The Morgan fingerprint density at radius 1 is 0.533 bits per heavy atom. The second-order valence-electron chi connectivity index (χ2n) is 12.6. The van der Waals surface area contributed by atoms with Gasteiger partial charge in [0.1, 0.15) is 0 Å². The van der Waals surface area contributed by atoms with Crippen LogP contribution in [0.3, 0.4) is 0 Å². The van der Waals surface area contributed by atoms with Gasteiger partial charge in [-0.1, -0.05) is 163 Å². The molecule has 0 saturated heterocycles. The van der Waals surface area contributed by atoms with Crippen LogP contribution in [0.2, 0.25) is 0 Å². The zero-order valence-electron chi connectivity index (χ0n) is 26.9. The van der Waals surface area contributed by atoms with E-state index >= 15 is 0 Å². The Labute approximate surface area is 271 Å². The smallest absolute Gasteiger partial charge is 0.00970 e. The SMILES string of the molecule is Cc1cc(C)cc(P(c2cc(C)cc(C)c2)[C@H](C)C2=C(P(c3cccc4ccccc34)c3cccc4ccccc34)CC=C2)c1. The van der Waals surface area contributed by atoms with Crippen LogP contribution in [0, 0.1) is 27.7 Å². The molecule has 0 N–H and O–H groups in total. The van der Waals surface area contributed by atoms with E-state index in [1.165, 1.54) is 70.6 Å². The Balaban J connectivity index is 1.48. The van der Waals surface area contributed by atoms with Crippen molar-refractivity contribution in [3.05, 3.63) is 167 Å². The molecule has 0 spiro atoms. The maximum absolute atomic E-state index is 2.51. The van der Waals surface area contributed by atoms with Crippen molar-refractivity contribution in [2.75, 3.05) is 0 Å². The summed E-state index contributed by atoms with van der Waals surface area (Å²) in [5, 5.41) is 12.9. The molecule has 2 heteroatoms. The average Bonchev–Trinajstić information content (AvgIpc) is 3.50. The summed E-state index contributed by atoms with van der Waals surface area (Å²) in [6.45, 7) is 11.5. The highest BCUT2D eigenvalue weighted by Gasteiger charge is 2.32. The Bertz CT molecular complexity index is 1930. The van der Waals surface area contributed by atoms with E-state index in [4.69, 9.17) is 0 Å². The van der Waals surface area contributed by atoms with Crippen LogP contribution < -0.4 is 21.2 Å². The minimum Gasteiger partial charge on any atom is -0.0798 e. The molecule has 0 heterocycles. The quantitative estimate of drug-likeness (QED) is 0.156. The monoisotopic (exact) mass is 618 g/mol. The van der Waals surface area contributed by atoms with Crippen LogP contribution in [0.4, 0.5) is 0 Å². The van der Waals surface area contributed by atoms with E-state index in [0.717, 1.165) is 6.42 Å². The van der Waals surface area contributed by atoms with Gasteiger partial charge in [0.25, 0.3) is 0 Å². The molecule has 45 heavy (non-hydrogen) atoms. The van der Waals surface area contributed by atoms with Crippen molar-refractivity contribution in [2.45, 2.75) is 46.7 Å². The van der Waals surface area contributed by atoms with Crippen molar-refractivity contribution in [2.24, 2.45) is 0 Å². The van der Waals surface area contributed by atoms with E-state index in [0.29, 0.717) is 5.66 Å². The number of allylic oxidation sites excluding steroid dienone is 4. The molecule has 0 fully saturated rings. The lowest BCUT2D eigenvalue weighted by Crippen LogP contribution is -2.23. The standard InChI is InChI=1S/C43H40P2/c1-29-23-30(2)26-36(25-29)44(37-27-31(3)24-32(4)28-37)33(5)38-19-12-22-41(38)45(42-20-10-15-34-13-6-8-17-39(34)42)43-21-11-16-35-14-7-9-18-40(35)43/h6-21,23-28,33H,22H2,1-5H3/t33-/m1/s1. The molecule has 6 aromatic carbocycles. The van der Waals surface area contributed by atoms with Crippen LogP contribution >= 0.6 is 15.8 Å². The largest absolute Gasteiger partial charge is 0.0798 e. The molecule has 7 rings (SSSR count). The fourth-order valence-electron chi connectivity index (χ4n) is 7.25. The number of benzene rings is 6. The van der Waals surface area contributed by atoms with Gasteiger partial charge in [0.2, 0.25) is 0 Å². The molecule has 0 bridgehead atoms. The second-order valence-corrected chi connectivity index (χ2v) is 17.3. The summed E-state index contributed by atoms with van der Waals surface area (Å²) >= 11 is 0. The molecule has 0 amide bonds. The van der Waals surface area contributed by atoms with Crippen molar-refractivity contribution in [1.82, 2.24) is 0 Å². The third-order valence-electron chi connectivity index (χ3n) is 9.03. The minimum absolute atomic E-state index is 0.367. The summed E-state index contributed by atoms with van der Waals surface area (Å²) in [5.74, 6) is 0. The summed E-state index contributed by atoms with van der Waals surface area (Å²) in [7, 11) is -1.43. The van der Waals surface area contributed by atoms with E-state index in [2.05, 4.69) is 168 Å². The van der Waals surface area contributed by atoms with Gasteiger partial charge in [-0.3, -0.25) is 0 Å². The van der Waals surface area contributed by atoms with Crippen molar-refractivity contribution >= 4 is 58.6 Å². The third kappa shape index (κ3) is 5.84. The topological polar surface area (TPSA) is 0 Å². The molecule has 1 aliphatic carbocycles. The average molecular weight is 619 g/mol. The van der Waals surface area contributed by atoms with E-state index in [9.17, 15) is 0 Å². The van der Waals surface area contributed by atoms with E-state index in [1.807, 2.05) is 0 Å². The normalized spacial score (nSPS) is 13.9. The molecule has 0 saturated carbocycles. The van der Waals surface area contributed by atoms with Crippen molar-refractivity contribution in [3.8, 4) is 0 Å². The first-order valence-electron chi connectivity index (χ1n) is 16.0. The predicted octanol–water partition coefficient (Wildman–Crippen LogP) is 10.4. The number of hydrogen-bond donors (Lipinski definition) is 0. The van der Waals surface area contributed by atoms with Gasteiger partial charge in [0, 0.05) is 5.66 Å². The summed E-state index contributed by atoms with van der Waals surface area (Å²) in [6, 6.07) is 46.2. The lowest BCUT2D eigenvalue weighted by atomic mass is 10.1. The summed E-state index contributed by atoms with van der Waals surface area (Å²) in [6.07, 6.45) is 5.91. The van der Waals surface area contributed by atoms with Crippen LogP contribution in [-0.4, -0.2) is 5.66 Å². The molecule has 0 nitrogen and oxygen atoms in total. The highest BCUT2D eigenvalue weighted by Crippen LogP contribution is 2.55. The molecule has 0 unspecified atom stereocenters. The Morgan fingerprint density at radius 2 is 0.978 bits per heavy atom. The Morgan fingerprint density at radius 3 is 1.47 bits per heavy atom. The van der Waals surface area contributed by atoms with Gasteiger partial charge < -0.3 is 0 Å². The summed E-state index contributed by atoms with van der Waals surface area (Å²) in [4.78, 5) is 0. The maximum atomic E-state index is 2.51. The molecular formula is C43H40P2. The predicted molar refractivity (Wildman–Crippen MR) is 202 cm³/mol. The number of rotatable bonds is 7. The molecule has 1 atom stereocenters. The first-order chi connectivity index (χ1) is 21.9. The zero-order chi connectivity index (χ0) is 31.1. The van der Waals surface area contributed by atoms with Gasteiger partial charge in [-0.15, -0.1) is 0 Å². The van der Waals surface area contributed by atoms with Gasteiger partial charge in [-0.05, 0) is 104 Å². The minimum atomic E-state index is -0.783. The lowest BCUT2D eigenvalue weighted by molar-refractivity contribution is 1.15. The zero-order valence-corrected chi connectivity index (χ0v) is 28.7. The molecule has 222 valence electrons. The number of fused-ring (bicyclic) bond motifs is 2. The lowest BCUT2D eigenvalue weighted by Gasteiger charge is -2.31. The van der Waals surface area contributed by atoms with Crippen molar-refractivity contribution in [1.29, 1.82) is 0 Å². The first kappa shape index (κ1) is 29.9. The molecule has 0 aromatic heterocycles. The molecule has 1 aliphatic rings.